The molecule has 1 amide bonds. The van der Waals surface area contributed by atoms with Crippen molar-refractivity contribution in [3.63, 3.8) is 0 Å². The molecular weight excluding hydrogens is 308 g/mol. The summed E-state index contributed by atoms with van der Waals surface area (Å²) < 4.78 is 2.97. The summed E-state index contributed by atoms with van der Waals surface area (Å²) in [5, 5.41) is 7.50. The van der Waals surface area contributed by atoms with Crippen molar-refractivity contribution in [3.8, 4) is 0 Å². The molecule has 4 aliphatic rings. The van der Waals surface area contributed by atoms with Crippen LogP contribution in [0.25, 0.3) is 0 Å². The number of carbonyl (C=O) groups excluding carboxylic acids is 1. The number of fused-ring (bicyclic) bond motifs is 1. The lowest BCUT2D eigenvalue weighted by Gasteiger charge is -2.33. The SMILES string of the molecule is O=C(C1[C@@H]2CCC[C@@H]12)N1CCC[C@H](c2n[nH]c(=S)n2C2CC2)C1. The molecule has 4 fully saturated rings. The van der Waals surface area contributed by atoms with Gasteiger partial charge in [-0.2, -0.15) is 5.10 Å². The van der Waals surface area contributed by atoms with Crippen LogP contribution in [-0.4, -0.2) is 38.7 Å². The van der Waals surface area contributed by atoms with Crippen LogP contribution in [0.3, 0.4) is 0 Å². The summed E-state index contributed by atoms with van der Waals surface area (Å²) in [4.78, 5) is 15.0. The third-order valence-corrected chi connectivity index (χ3v) is 6.72. The topological polar surface area (TPSA) is 53.9 Å². The van der Waals surface area contributed by atoms with E-state index in [2.05, 4.69) is 19.7 Å². The lowest BCUT2D eigenvalue weighted by Crippen LogP contribution is -2.41. The number of hydrogen-bond acceptors (Lipinski definition) is 3. The Balaban J connectivity index is 1.33. The average molecular weight is 332 g/mol. The first-order valence-electron chi connectivity index (χ1n) is 9.19. The molecule has 6 heteroatoms. The van der Waals surface area contributed by atoms with Gasteiger partial charge >= 0.3 is 0 Å². The molecule has 1 aromatic heterocycles. The second-order valence-electron chi connectivity index (χ2n) is 7.90. The van der Waals surface area contributed by atoms with Crippen LogP contribution in [-0.2, 0) is 4.79 Å². The summed E-state index contributed by atoms with van der Waals surface area (Å²) >= 11 is 5.41. The number of H-pyrrole nitrogens is 1. The monoisotopic (exact) mass is 332 g/mol. The first kappa shape index (κ1) is 14.2. The molecule has 0 bridgehead atoms. The molecule has 5 rings (SSSR count). The van der Waals surface area contributed by atoms with Gasteiger partial charge in [0.1, 0.15) is 5.82 Å². The molecule has 3 atom stereocenters. The average Bonchev–Trinajstić information content (AvgIpc) is 3.45. The Morgan fingerprint density at radius 3 is 2.65 bits per heavy atom. The number of nitrogens with zero attached hydrogens (tertiary/aromatic N) is 3. The van der Waals surface area contributed by atoms with E-state index < -0.39 is 0 Å². The van der Waals surface area contributed by atoms with Crippen molar-refractivity contribution in [2.75, 3.05) is 13.1 Å². The Hall–Kier alpha value is -1.17. The second kappa shape index (κ2) is 5.16. The maximum atomic E-state index is 12.9. The maximum absolute atomic E-state index is 12.9. The third-order valence-electron chi connectivity index (χ3n) is 6.43. The quantitative estimate of drug-likeness (QED) is 0.866. The minimum absolute atomic E-state index is 0.347. The molecule has 0 spiro atoms. The summed E-state index contributed by atoms with van der Waals surface area (Å²) in [5.41, 5.74) is 0. The highest BCUT2D eigenvalue weighted by Crippen LogP contribution is 2.58. The molecular formula is C17H24N4OS. The van der Waals surface area contributed by atoms with Crippen LogP contribution in [0.4, 0.5) is 0 Å². The second-order valence-corrected chi connectivity index (χ2v) is 8.28. The van der Waals surface area contributed by atoms with Crippen molar-refractivity contribution >= 4 is 18.1 Å². The molecule has 2 heterocycles. The predicted molar refractivity (Wildman–Crippen MR) is 88.6 cm³/mol. The molecule has 23 heavy (non-hydrogen) atoms. The first-order valence-corrected chi connectivity index (χ1v) is 9.60. The van der Waals surface area contributed by atoms with E-state index in [1.807, 2.05) is 0 Å². The van der Waals surface area contributed by atoms with Gasteiger partial charge in [-0.15, -0.1) is 0 Å². The van der Waals surface area contributed by atoms with E-state index in [0.29, 0.717) is 35.6 Å². The fourth-order valence-electron chi connectivity index (χ4n) is 5.08. The summed E-state index contributed by atoms with van der Waals surface area (Å²) in [6, 6.07) is 0.546. The van der Waals surface area contributed by atoms with Crippen molar-refractivity contribution in [2.45, 2.75) is 56.9 Å². The zero-order valence-corrected chi connectivity index (χ0v) is 14.2. The fraction of sp³-hybridized carbons (Fsp3) is 0.824. The van der Waals surface area contributed by atoms with Crippen LogP contribution in [0.1, 0.15) is 62.7 Å². The Morgan fingerprint density at radius 2 is 1.91 bits per heavy atom. The Labute approximate surface area is 141 Å². The molecule has 0 aromatic carbocycles. The van der Waals surface area contributed by atoms with Crippen LogP contribution in [0.2, 0.25) is 0 Å². The zero-order valence-electron chi connectivity index (χ0n) is 13.4. The van der Waals surface area contributed by atoms with Crippen molar-refractivity contribution in [3.05, 3.63) is 10.6 Å². The molecule has 3 saturated carbocycles. The van der Waals surface area contributed by atoms with E-state index in [0.717, 1.165) is 36.5 Å². The molecule has 124 valence electrons. The van der Waals surface area contributed by atoms with Crippen molar-refractivity contribution in [1.29, 1.82) is 0 Å². The van der Waals surface area contributed by atoms with Gasteiger partial charge in [-0.1, -0.05) is 6.42 Å². The minimum Gasteiger partial charge on any atom is -0.342 e. The number of amides is 1. The van der Waals surface area contributed by atoms with E-state index in [-0.39, 0.29) is 0 Å². The lowest BCUT2D eigenvalue weighted by molar-refractivity contribution is -0.134. The van der Waals surface area contributed by atoms with Gasteiger partial charge in [0.05, 0.1) is 0 Å². The summed E-state index contributed by atoms with van der Waals surface area (Å²) in [5.74, 6) is 3.64. The fourth-order valence-corrected chi connectivity index (χ4v) is 5.37. The minimum atomic E-state index is 0.347. The summed E-state index contributed by atoms with van der Waals surface area (Å²) in [7, 11) is 0. The number of rotatable bonds is 3. The van der Waals surface area contributed by atoms with Crippen LogP contribution in [0.5, 0.6) is 0 Å². The van der Waals surface area contributed by atoms with Gasteiger partial charge in [0.15, 0.2) is 4.77 Å². The summed E-state index contributed by atoms with van der Waals surface area (Å²) in [6.07, 6.45) is 8.51. The standard InChI is InChI=1S/C17H24N4OS/c22-16(14-12-4-1-5-13(12)14)20-8-2-3-10(9-20)15-18-19-17(23)21(15)11-6-7-11/h10-14H,1-9H2,(H,19,23)/t10-,12+,13+/m0/s1. The van der Waals surface area contributed by atoms with Crippen molar-refractivity contribution in [2.24, 2.45) is 17.8 Å². The Morgan fingerprint density at radius 1 is 1.13 bits per heavy atom. The number of carbonyl (C=O) groups is 1. The smallest absolute Gasteiger partial charge is 0.226 e. The van der Waals surface area contributed by atoms with Gasteiger partial charge in [-0.05, 0) is 62.6 Å². The number of hydrogen-bond donors (Lipinski definition) is 1. The van der Waals surface area contributed by atoms with Crippen molar-refractivity contribution < 1.29 is 4.79 Å². The van der Waals surface area contributed by atoms with Gasteiger partial charge in [-0.3, -0.25) is 9.89 Å². The molecule has 1 saturated heterocycles. The van der Waals surface area contributed by atoms with Gasteiger partial charge < -0.3 is 9.47 Å². The molecule has 3 aliphatic carbocycles. The van der Waals surface area contributed by atoms with Crippen molar-refractivity contribution in [1.82, 2.24) is 19.7 Å². The Bertz CT molecular complexity index is 681. The van der Waals surface area contributed by atoms with E-state index in [1.165, 1.54) is 32.1 Å². The maximum Gasteiger partial charge on any atom is 0.226 e. The lowest BCUT2D eigenvalue weighted by atomic mass is 9.96. The number of piperidine rings is 1. The highest BCUT2D eigenvalue weighted by Gasteiger charge is 2.57. The number of aromatic nitrogens is 3. The van der Waals surface area contributed by atoms with Crippen LogP contribution < -0.4 is 0 Å². The molecule has 1 aliphatic heterocycles. The Kier molecular flexibility index (Phi) is 3.19. The van der Waals surface area contributed by atoms with Gasteiger partial charge in [0.25, 0.3) is 0 Å². The molecule has 1 N–H and O–H groups in total. The number of aromatic amines is 1. The molecule has 5 nitrogen and oxygen atoms in total. The largest absolute Gasteiger partial charge is 0.342 e. The van der Waals surface area contributed by atoms with Crippen LogP contribution >= 0.6 is 12.2 Å². The van der Waals surface area contributed by atoms with Gasteiger partial charge in [-0.25, -0.2) is 0 Å². The number of likely N-dealkylation sites (tertiary alicyclic amines) is 1. The van der Waals surface area contributed by atoms with Gasteiger partial charge in [0.2, 0.25) is 5.91 Å². The van der Waals surface area contributed by atoms with Crippen LogP contribution in [0, 0.1) is 22.5 Å². The molecule has 1 aromatic rings. The highest BCUT2D eigenvalue weighted by atomic mass is 32.1. The molecule has 0 unspecified atom stereocenters. The van der Waals surface area contributed by atoms with Gasteiger partial charge in [0, 0.05) is 31.0 Å². The number of nitrogens with one attached hydrogen (secondary N) is 1. The normalized spacial score (nSPS) is 36.1. The van der Waals surface area contributed by atoms with Crippen LogP contribution in [0.15, 0.2) is 0 Å². The first-order chi connectivity index (χ1) is 11.2. The van der Waals surface area contributed by atoms with E-state index in [9.17, 15) is 4.79 Å². The predicted octanol–water partition coefficient (Wildman–Crippen LogP) is 3.03. The van der Waals surface area contributed by atoms with E-state index in [4.69, 9.17) is 12.2 Å². The van der Waals surface area contributed by atoms with E-state index >= 15 is 0 Å². The zero-order chi connectivity index (χ0) is 15.6. The molecule has 0 radical (unpaired) electrons. The van der Waals surface area contributed by atoms with E-state index in [1.54, 1.807) is 0 Å². The summed E-state index contributed by atoms with van der Waals surface area (Å²) in [6.45, 7) is 1.76. The highest BCUT2D eigenvalue weighted by molar-refractivity contribution is 7.71. The third kappa shape index (κ3) is 2.29.